The number of halogens is 3. The fraction of sp³-hybridized carbons (Fsp3) is 0. The van der Waals surface area contributed by atoms with E-state index in [1.807, 2.05) is 0 Å². The molecular formula is C3H8Br3Ti-. The summed E-state index contributed by atoms with van der Waals surface area (Å²) < 4.78 is 0. The Morgan fingerprint density at radius 1 is 1.14 bits per heavy atom. The van der Waals surface area contributed by atoms with E-state index in [-0.39, 0.29) is 72.7 Å². The van der Waals surface area contributed by atoms with Crippen molar-refractivity contribution in [3.05, 3.63) is 19.6 Å². The van der Waals surface area contributed by atoms with Crippen LogP contribution < -0.4 is 0 Å². The molecule has 0 saturated heterocycles. The molecule has 0 spiro atoms. The van der Waals surface area contributed by atoms with Crippen LogP contribution in [0.15, 0.2) is 12.7 Å². The van der Waals surface area contributed by atoms with Crippen molar-refractivity contribution in [1.29, 1.82) is 0 Å². The van der Waals surface area contributed by atoms with Crippen LogP contribution in [0.1, 0.15) is 0 Å². The topological polar surface area (TPSA) is 0 Å². The fourth-order valence-electron chi connectivity index (χ4n) is 0. The maximum absolute atomic E-state index is 3.25. The van der Waals surface area contributed by atoms with Gasteiger partial charge in [0.2, 0.25) is 0 Å². The van der Waals surface area contributed by atoms with Crippen LogP contribution in [0.3, 0.4) is 0 Å². The van der Waals surface area contributed by atoms with Gasteiger partial charge in [0.05, 0.1) is 0 Å². The van der Waals surface area contributed by atoms with Crippen LogP contribution in [0, 0.1) is 6.92 Å². The molecule has 0 aromatic heterocycles. The third-order valence-electron chi connectivity index (χ3n) is 0. The van der Waals surface area contributed by atoms with E-state index < -0.39 is 0 Å². The van der Waals surface area contributed by atoms with Gasteiger partial charge in [-0.2, -0.15) is 0 Å². The minimum atomic E-state index is 0. The summed E-state index contributed by atoms with van der Waals surface area (Å²) in [7, 11) is 0. The van der Waals surface area contributed by atoms with Gasteiger partial charge in [-0.25, -0.2) is 19.6 Å². The molecule has 0 saturated carbocycles. The predicted molar refractivity (Wildman–Crippen MR) is 46.5 cm³/mol. The Kier molecular flexibility index (Phi) is 248. The molecule has 0 aromatic rings. The van der Waals surface area contributed by atoms with E-state index >= 15 is 0 Å². The zero-order chi connectivity index (χ0) is 2.71. The van der Waals surface area contributed by atoms with E-state index in [1.165, 1.54) is 6.08 Å². The van der Waals surface area contributed by atoms with Crippen LogP contribution in [-0.2, 0) is 21.7 Å². The SMILES string of the molecule is Br.Br.Br.C=C[CH2-].[Ti]. The summed E-state index contributed by atoms with van der Waals surface area (Å²) in [6, 6.07) is 0. The van der Waals surface area contributed by atoms with Crippen molar-refractivity contribution in [2.24, 2.45) is 0 Å². The van der Waals surface area contributed by atoms with Crippen molar-refractivity contribution in [2.45, 2.75) is 0 Å². The van der Waals surface area contributed by atoms with Crippen LogP contribution in [0.25, 0.3) is 0 Å². The second kappa shape index (κ2) is 46.5. The quantitative estimate of drug-likeness (QED) is 0.473. The maximum atomic E-state index is 3.25. The third kappa shape index (κ3) is 82.9. The molecule has 0 aliphatic rings. The second-order valence-corrected chi connectivity index (χ2v) is 0.289. The molecule has 0 N–H and O–H groups in total. The summed E-state index contributed by atoms with van der Waals surface area (Å²) in [5, 5.41) is 0. The van der Waals surface area contributed by atoms with Gasteiger partial charge in [0.1, 0.15) is 0 Å². The molecule has 0 aliphatic carbocycles. The summed E-state index contributed by atoms with van der Waals surface area (Å²) in [4.78, 5) is 0. The minimum absolute atomic E-state index is 0. The fourth-order valence-corrected chi connectivity index (χ4v) is 0. The number of hydrogen-bond donors (Lipinski definition) is 0. The largest absolute Gasteiger partial charge is 0.245 e. The van der Waals surface area contributed by atoms with Crippen molar-refractivity contribution in [3.8, 4) is 0 Å². The molecule has 0 nitrogen and oxygen atoms in total. The molecule has 4 heteroatoms. The Morgan fingerprint density at radius 3 is 1.14 bits per heavy atom. The van der Waals surface area contributed by atoms with Gasteiger partial charge in [-0.15, -0.1) is 50.9 Å². The molecule has 0 bridgehead atoms. The van der Waals surface area contributed by atoms with Gasteiger partial charge >= 0.3 is 0 Å². The van der Waals surface area contributed by atoms with E-state index in [0.717, 1.165) is 0 Å². The Balaban J connectivity index is -0.00000000333. The monoisotopic (exact) mass is 329 g/mol. The van der Waals surface area contributed by atoms with E-state index in [4.69, 9.17) is 0 Å². The predicted octanol–water partition coefficient (Wildman–Crippen LogP) is 2.74. The van der Waals surface area contributed by atoms with Crippen molar-refractivity contribution < 1.29 is 21.7 Å². The van der Waals surface area contributed by atoms with E-state index in [2.05, 4.69) is 13.5 Å². The van der Waals surface area contributed by atoms with Gasteiger partial charge in [0.15, 0.2) is 0 Å². The van der Waals surface area contributed by atoms with Crippen molar-refractivity contribution in [1.82, 2.24) is 0 Å². The van der Waals surface area contributed by atoms with Gasteiger partial charge in [-0.1, -0.05) is 0 Å². The van der Waals surface area contributed by atoms with Crippen molar-refractivity contribution >= 4 is 50.9 Å². The summed E-state index contributed by atoms with van der Waals surface area (Å²) in [5.74, 6) is 0. The first-order valence-corrected chi connectivity index (χ1v) is 0.816. The Labute approximate surface area is 91.3 Å². The zero-order valence-corrected chi connectivity index (χ0v) is 10.4. The summed E-state index contributed by atoms with van der Waals surface area (Å²) in [6.45, 7) is 6.50. The molecule has 0 fully saturated rings. The Hall–Kier alpha value is 1.76. The normalized spacial score (nSPS) is 1.71. The summed E-state index contributed by atoms with van der Waals surface area (Å²) in [5.41, 5.74) is 0. The van der Waals surface area contributed by atoms with E-state index in [1.54, 1.807) is 0 Å². The smallest absolute Gasteiger partial charge is 0 e. The van der Waals surface area contributed by atoms with Gasteiger partial charge in [-0.05, 0) is 0 Å². The van der Waals surface area contributed by atoms with Gasteiger partial charge in [0, 0.05) is 21.7 Å². The minimum Gasteiger partial charge on any atom is -0.245 e. The molecule has 0 unspecified atom stereocenters. The average Bonchev–Trinajstić information content (AvgIpc) is 0.918. The molecule has 0 radical (unpaired) electrons. The summed E-state index contributed by atoms with van der Waals surface area (Å²) >= 11 is 0. The van der Waals surface area contributed by atoms with E-state index in [9.17, 15) is 0 Å². The van der Waals surface area contributed by atoms with E-state index in [0.29, 0.717) is 0 Å². The first-order chi connectivity index (χ1) is 1.41. The standard InChI is InChI=1S/C3H5.3BrH.Ti/c1-3-2;;;;/h3H,1-2H2;3*1H;/q-1;;;;. The van der Waals surface area contributed by atoms with Crippen LogP contribution >= 0.6 is 50.9 Å². The van der Waals surface area contributed by atoms with Crippen LogP contribution in [-0.4, -0.2) is 0 Å². The third-order valence-corrected chi connectivity index (χ3v) is 0. The Bertz CT molecular complexity index is 17.7. The molecular weight excluding hydrogens is 324 g/mol. The van der Waals surface area contributed by atoms with Gasteiger partial charge in [-0.3, -0.25) is 0 Å². The second-order valence-electron chi connectivity index (χ2n) is 0.289. The summed E-state index contributed by atoms with van der Waals surface area (Å²) in [6.07, 6.45) is 1.50. The van der Waals surface area contributed by atoms with Crippen LogP contribution in [0.4, 0.5) is 0 Å². The molecule has 0 aliphatic heterocycles. The molecule has 0 heterocycles. The molecule has 0 aromatic carbocycles. The van der Waals surface area contributed by atoms with Crippen molar-refractivity contribution in [2.75, 3.05) is 0 Å². The molecule has 46 valence electrons. The average molecular weight is 332 g/mol. The maximum Gasteiger partial charge on any atom is 0 e. The molecule has 0 amide bonds. The molecule has 0 rings (SSSR count). The first-order valence-electron chi connectivity index (χ1n) is 0.816. The molecule has 7 heavy (non-hydrogen) atoms. The number of hydrogen-bond acceptors (Lipinski definition) is 0. The Morgan fingerprint density at radius 2 is 1.14 bits per heavy atom. The number of rotatable bonds is 0. The van der Waals surface area contributed by atoms with Gasteiger partial charge < -0.3 is 0 Å². The van der Waals surface area contributed by atoms with Gasteiger partial charge in [0.25, 0.3) is 0 Å². The molecule has 0 atom stereocenters. The first kappa shape index (κ1) is 37.3. The van der Waals surface area contributed by atoms with Crippen molar-refractivity contribution in [3.63, 3.8) is 0 Å². The van der Waals surface area contributed by atoms with Crippen LogP contribution in [0.2, 0.25) is 0 Å². The number of allylic oxidation sites excluding steroid dienone is 1. The zero-order valence-electron chi connectivity index (χ0n) is 3.72. The van der Waals surface area contributed by atoms with Crippen LogP contribution in [0.5, 0.6) is 0 Å².